The highest BCUT2D eigenvalue weighted by atomic mass is 35.5. The van der Waals surface area contributed by atoms with Gasteiger partial charge in [0.05, 0.1) is 13.2 Å². The molecule has 0 unspecified atom stereocenters. The molecule has 1 saturated heterocycles. The Morgan fingerprint density at radius 3 is 2.78 bits per heavy atom. The number of hydrogen-bond donors (Lipinski definition) is 0. The van der Waals surface area contributed by atoms with Gasteiger partial charge in [-0.15, -0.1) is 0 Å². The maximum Gasteiger partial charge on any atom is 0.254 e. The number of likely N-dealkylation sites (tertiary alicyclic amines) is 1. The molecule has 4 nitrogen and oxygen atoms in total. The monoisotopic (exact) mass is 337 g/mol. The van der Waals surface area contributed by atoms with Crippen molar-refractivity contribution >= 4 is 17.5 Å². The number of methoxy groups -OCH3 is 2. The lowest BCUT2D eigenvalue weighted by molar-refractivity contribution is -0.0295. The van der Waals surface area contributed by atoms with Gasteiger partial charge in [0.15, 0.2) is 0 Å². The van der Waals surface area contributed by atoms with Crippen LogP contribution in [0, 0.1) is 5.41 Å². The van der Waals surface area contributed by atoms with Gasteiger partial charge in [0.1, 0.15) is 5.75 Å². The Hall–Kier alpha value is -1.26. The Bertz CT molecular complexity index is 592. The van der Waals surface area contributed by atoms with E-state index in [2.05, 4.69) is 0 Å². The van der Waals surface area contributed by atoms with E-state index < -0.39 is 0 Å². The number of benzene rings is 1. The van der Waals surface area contributed by atoms with Crippen molar-refractivity contribution in [1.82, 2.24) is 4.90 Å². The predicted octanol–water partition coefficient (Wildman–Crippen LogP) is 3.77. The maximum atomic E-state index is 12.9. The number of piperidine rings is 1. The Kier molecular flexibility index (Phi) is 4.83. The molecule has 126 valence electrons. The fraction of sp³-hybridized carbons (Fsp3) is 0.611. The summed E-state index contributed by atoms with van der Waals surface area (Å²) in [6, 6.07) is 5.20. The van der Waals surface area contributed by atoms with Crippen LogP contribution in [0.15, 0.2) is 18.2 Å². The van der Waals surface area contributed by atoms with E-state index >= 15 is 0 Å². The molecule has 1 aliphatic heterocycles. The average Bonchev–Trinajstić information content (AvgIpc) is 2.95. The van der Waals surface area contributed by atoms with E-state index in [9.17, 15) is 4.79 Å². The van der Waals surface area contributed by atoms with Gasteiger partial charge in [-0.3, -0.25) is 4.79 Å². The largest absolute Gasteiger partial charge is 0.497 e. The Morgan fingerprint density at radius 2 is 2.04 bits per heavy atom. The number of amides is 1. The summed E-state index contributed by atoms with van der Waals surface area (Å²) in [4.78, 5) is 14.9. The first-order valence-electron chi connectivity index (χ1n) is 8.25. The Morgan fingerprint density at radius 1 is 1.26 bits per heavy atom. The van der Waals surface area contributed by atoms with E-state index in [0.717, 1.165) is 38.8 Å². The van der Waals surface area contributed by atoms with E-state index in [4.69, 9.17) is 21.1 Å². The normalized spacial score (nSPS) is 27.4. The SMILES string of the molecule is COc1cc(Cl)cc(C(=O)N2CCC[C@@]3(CCC[C@H]3OC)C2)c1. The number of ether oxygens (including phenoxy) is 2. The first-order valence-corrected chi connectivity index (χ1v) is 8.62. The minimum absolute atomic E-state index is 0.0339. The van der Waals surface area contributed by atoms with Crippen molar-refractivity contribution in [3.8, 4) is 5.75 Å². The van der Waals surface area contributed by atoms with Crippen LogP contribution in [0.5, 0.6) is 5.75 Å². The summed E-state index contributed by atoms with van der Waals surface area (Å²) in [7, 11) is 3.37. The number of carbonyl (C=O) groups excluding carboxylic acids is 1. The van der Waals surface area contributed by atoms with Crippen molar-refractivity contribution in [3.05, 3.63) is 28.8 Å². The van der Waals surface area contributed by atoms with Crippen LogP contribution < -0.4 is 4.74 Å². The number of hydrogen-bond acceptors (Lipinski definition) is 3. The molecular weight excluding hydrogens is 314 g/mol. The highest BCUT2D eigenvalue weighted by Gasteiger charge is 2.46. The molecular formula is C18H24ClNO3. The molecule has 0 aromatic heterocycles. The van der Waals surface area contributed by atoms with Crippen LogP contribution in [0.2, 0.25) is 5.02 Å². The zero-order valence-corrected chi connectivity index (χ0v) is 14.6. The average molecular weight is 338 g/mol. The first kappa shape index (κ1) is 16.6. The molecule has 2 atom stereocenters. The van der Waals surface area contributed by atoms with Crippen molar-refractivity contribution in [3.63, 3.8) is 0 Å². The second kappa shape index (κ2) is 6.70. The Labute approximate surface area is 142 Å². The van der Waals surface area contributed by atoms with Gasteiger partial charge in [-0.2, -0.15) is 0 Å². The summed E-state index contributed by atoms with van der Waals surface area (Å²) in [6.45, 7) is 1.57. The van der Waals surface area contributed by atoms with Crippen LogP contribution >= 0.6 is 11.6 Å². The fourth-order valence-electron chi connectivity index (χ4n) is 4.26. The molecule has 5 heteroatoms. The van der Waals surface area contributed by atoms with Gasteiger partial charge in [0, 0.05) is 36.2 Å². The molecule has 23 heavy (non-hydrogen) atoms. The minimum atomic E-state index is 0.0339. The quantitative estimate of drug-likeness (QED) is 0.842. The summed E-state index contributed by atoms with van der Waals surface area (Å²) in [5, 5.41) is 0.523. The van der Waals surface area contributed by atoms with E-state index in [1.54, 1.807) is 32.4 Å². The topological polar surface area (TPSA) is 38.8 Å². The van der Waals surface area contributed by atoms with Crippen molar-refractivity contribution in [2.24, 2.45) is 5.41 Å². The zero-order chi connectivity index (χ0) is 16.4. The van der Waals surface area contributed by atoms with Crippen molar-refractivity contribution in [2.45, 2.75) is 38.2 Å². The second-order valence-corrected chi connectivity index (χ2v) is 7.13. The standard InChI is InChI=1S/C18H24ClNO3/c1-22-15-10-13(9-14(19)11-15)17(21)20-8-4-7-18(12-20)6-3-5-16(18)23-2/h9-11,16H,3-8,12H2,1-2H3/t16-,18+/m1/s1. The first-order chi connectivity index (χ1) is 11.1. The summed E-state index contributed by atoms with van der Waals surface area (Å²) in [5.74, 6) is 0.648. The molecule has 1 aromatic rings. The summed E-state index contributed by atoms with van der Waals surface area (Å²) in [5.41, 5.74) is 0.726. The van der Waals surface area contributed by atoms with Crippen LogP contribution in [-0.2, 0) is 4.74 Å². The molecule has 1 spiro atoms. The van der Waals surface area contributed by atoms with Gasteiger partial charge in [0.2, 0.25) is 0 Å². The van der Waals surface area contributed by atoms with Gasteiger partial charge in [-0.05, 0) is 43.9 Å². The second-order valence-electron chi connectivity index (χ2n) is 6.69. The molecule has 1 heterocycles. The van der Waals surface area contributed by atoms with Gasteiger partial charge >= 0.3 is 0 Å². The van der Waals surface area contributed by atoms with Crippen LogP contribution in [0.4, 0.5) is 0 Å². The maximum absolute atomic E-state index is 12.9. The summed E-state index contributed by atoms with van der Waals surface area (Å²) >= 11 is 6.11. The third-order valence-electron chi connectivity index (χ3n) is 5.36. The molecule has 3 rings (SSSR count). The number of rotatable bonds is 3. The lowest BCUT2D eigenvalue weighted by Gasteiger charge is -2.43. The molecule has 1 aliphatic carbocycles. The third kappa shape index (κ3) is 3.20. The predicted molar refractivity (Wildman–Crippen MR) is 90.2 cm³/mol. The lowest BCUT2D eigenvalue weighted by Crippen LogP contribution is -2.49. The molecule has 0 N–H and O–H groups in total. The molecule has 1 amide bonds. The molecule has 1 saturated carbocycles. The molecule has 1 aromatic carbocycles. The van der Waals surface area contributed by atoms with E-state index in [0.29, 0.717) is 16.3 Å². The van der Waals surface area contributed by atoms with Crippen LogP contribution in [0.1, 0.15) is 42.5 Å². The number of nitrogens with zero attached hydrogens (tertiary/aromatic N) is 1. The van der Waals surface area contributed by atoms with Gasteiger partial charge in [-0.1, -0.05) is 18.0 Å². The zero-order valence-electron chi connectivity index (χ0n) is 13.8. The third-order valence-corrected chi connectivity index (χ3v) is 5.58. The molecule has 0 bridgehead atoms. The number of halogens is 1. The van der Waals surface area contributed by atoms with Crippen molar-refractivity contribution in [2.75, 3.05) is 27.3 Å². The summed E-state index contributed by atoms with van der Waals surface area (Å²) < 4.78 is 10.9. The van der Waals surface area contributed by atoms with Crippen molar-refractivity contribution < 1.29 is 14.3 Å². The van der Waals surface area contributed by atoms with Crippen LogP contribution in [0.3, 0.4) is 0 Å². The van der Waals surface area contributed by atoms with Crippen molar-refractivity contribution in [1.29, 1.82) is 0 Å². The molecule has 2 fully saturated rings. The highest BCUT2D eigenvalue weighted by Crippen LogP contribution is 2.46. The number of carbonyl (C=O) groups is 1. The fourth-order valence-corrected chi connectivity index (χ4v) is 4.49. The Balaban J connectivity index is 1.81. The highest BCUT2D eigenvalue weighted by molar-refractivity contribution is 6.31. The van der Waals surface area contributed by atoms with Gasteiger partial charge in [-0.25, -0.2) is 0 Å². The van der Waals surface area contributed by atoms with Crippen LogP contribution in [0.25, 0.3) is 0 Å². The smallest absolute Gasteiger partial charge is 0.254 e. The minimum Gasteiger partial charge on any atom is -0.497 e. The van der Waals surface area contributed by atoms with Gasteiger partial charge < -0.3 is 14.4 Å². The molecule has 2 aliphatic rings. The molecule has 0 radical (unpaired) electrons. The van der Waals surface area contributed by atoms with Gasteiger partial charge in [0.25, 0.3) is 5.91 Å². The lowest BCUT2D eigenvalue weighted by atomic mass is 9.76. The van der Waals surface area contributed by atoms with E-state index in [1.807, 2.05) is 4.90 Å². The van der Waals surface area contributed by atoms with E-state index in [-0.39, 0.29) is 17.4 Å². The summed E-state index contributed by atoms with van der Waals surface area (Å²) in [6.07, 6.45) is 5.88. The van der Waals surface area contributed by atoms with Crippen LogP contribution in [-0.4, -0.2) is 44.2 Å². The van der Waals surface area contributed by atoms with E-state index in [1.165, 1.54) is 6.42 Å².